The lowest BCUT2D eigenvalue weighted by Gasteiger charge is -2.14. The molecule has 3 nitrogen and oxygen atoms in total. The normalized spacial score (nSPS) is 17.1. The topological polar surface area (TPSA) is 56.0 Å². The zero-order valence-electron chi connectivity index (χ0n) is 8.53. The largest absolute Gasteiger partial charge is 0.394 e. The molecular weight excluding hydrogens is 188 g/mol. The van der Waals surface area contributed by atoms with Crippen molar-refractivity contribution in [3.63, 3.8) is 0 Å². The van der Waals surface area contributed by atoms with Crippen LogP contribution in [0.4, 0.5) is 0 Å². The van der Waals surface area contributed by atoms with E-state index in [4.69, 9.17) is 10.4 Å². The highest BCUT2D eigenvalue weighted by atomic mass is 16.3. The van der Waals surface area contributed by atoms with Crippen LogP contribution in [-0.2, 0) is 6.54 Å². The molecule has 2 rings (SSSR count). The molecule has 0 saturated heterocycles. The maximum Gasteiger partial charge on any atom is 0.0995 e. The highest BCUT2D eigenvalue weighted by Gasteiger charge is 2.41. The fourth-order valence-corrected chi connectivity index (χ4v) is 1.61. The molecule has 78 valence electrons. The van der Waals surface area contributed by atoms with Crippen LogP contribution in [0.1, 0.15) is 24.0 Å². The summed E-state index contributed by atoms with van der Waals surface area (Å²) in [4.78, 5) is 0. The van der Waals surface area contributed by atoms with Gasteiger partial charge in [-0.2, -0.15) is 5.26 Å². The van der Waals surface area contributed by atoms with Crippen LogP contribution in [0, 0.1) is 11.3 Å². The van der Waals surface area contributed by atoms with Crippen molar-refractivity contribution in [1.29, 1.82) is 5.26 Å². The molecule has 3 heteroatoms. The van der Waals surface area contributed by atoms with Gasteiger partial charge >= 0.3 is 0 Å². The Morgan fingerprint density at radius 2 is 2.13 bits per heavy atom. The number of aliphatic hydroxyl groups excluding tert-OH is 1. The van der Waals surface area contributed by atoms with Gasteiger partial charge in [0.25, 0.3) is 0 Å². The first kappa shape index (κ1) is 10.2. The second-order valence-corrected chi connectivity index (χ2v) is 4.06. The average molecular weight is 202 g/mol. The molecule has 1 fully saturated rings. The van der Waals surface area contributed by atoms with Crippen LogP contribution in [0.5, 0.6) is 0 Å². The summed E-state index contributed by atoms with van der Waals surface area (Å²) in [6.07, 6.45) is 2.05. The Hall–Kier alpha value is -1.37. The van der Waals surface area contributed by atoms with Crippen molar-refractivity contribution in [2.24, 2.45) is 0 Å². The van der Waals surface area contributed by atoms with Gasteiger partial charge in [0, 0.05) is 12.1 Å². The molecule has 0 spiro atoms. The first-order valence-corrected chi connectivity index (χ1v) is 5.13. The zero-order valence-corrected chi connectivity index (χ0v) is 8.53. The van der Waals surface area contributed by atoms with Crippen molar-refractivity contribution in [3.8, 4) is 6.07 Å². The molecule has 2 N–H and O–H groups in total. The van der Waals surface area contributed by atoms with E-state index in [2.05, 4.69) is 11.4 Å². The maximum atomic E-state index is 9.13. The first-order valence-electron chi connectivity index (χ1n) is 5.13. The summed E-state index contributed by atoms with van der Waals surface area (Å²) >= 11 is 0. The summed E-state index contributed by atoms with van der Waals surface area (Å²) in [7, 11) is 0. The Balaban J connectivity index is 2.02. The molecule has 1 aliphatic carbocycles. The Kier molecular flexibility index (Phi) is 2.72. The Morgan fingerprint density at radius 1 is 1.40 bits per heavy atom. The van der Waals surface area contributed by atoms with Crippen LogP contribution in [-0.4, -0.2) is 17.3 Å². The fraction of sp³-hybridized carbons (Fsp3) is 0.417. The van der Waals surface area contributed by atoms with Gasteiger partial charge in [0.05, 0.1) is 18.2 Å². The molecule has 0 amide bonds. The van der Waals surface area contributed by atoms with E-state index < -0.39 is 0 Å². The van der Waals surface area contributed by atoms with Gasteiger partial charge in [-0.1, -0.05) is 18.2 Å². The van der Waals surface area contributed by atoms with E-state index in [0.29, 0.717) is 12.1 Å². The number of hydrogen-bond donors (Lipinski definition) is 2. The molecule has 1 saturated carbocycles. The molecule has 15 heavy (non-hydrogen) atoms. The first-order chi connectivity index (χ1) is 7.29. The lowest BCUT2D eigenvalue weighted by atomic mass is 10.1. The van der Waals surface area contributed by atoms with E-state index in [1.807, 2.05) is 24.3 Å². The maximum absolute atomic E-state index is 9.13. The van der Waals surface area contributed by atoms with Crippen LogP contribution in [0.3, 0.4) is 0 Å². The predicted molar refractivity (Wildman–Crippen MR) is 57.0 cm³/mol. The fourth-order valence-electron chi connectivity index (χ4n) is 1.61. The molecule has 0 bridgehead atoms. The highest BCUT2D eigenvalue weighted by molar-refractivity contribution is 5.37. The third-order valence-electron chi connectivity index (χ3n) is 2.95. The number of rotatable bonds is 4. The molecule has 0 aromatic heterocycles. The summed E-state index contributed by atoms with van der Waals surface area (Å²) in [5, 5.41) is 21.3. The standard InChI is InChI=1S/C12H14N2O/c13-7-10-3-1-2-4-11(10)8-14-12(9-15)5-6-12/h1-4,14-15H,5-6,8-9H2. The van der Waals surface area contributed by atoms with Gasteiger partial charge in [0.2, 0.25) is 0 Å². The van der Waals surface area contributed by atoms with E-state index in [0.717, 1.165) is 18.4 Å². The second-order valence-electron chi connectivity index (χ2n) is 4.06. The van der Waals surface area contributed by atoms with Crippen LogP contribution >= 0.6 is 0 Å². The third-order valence-corrected chi connectivity index (χ3v) is 2.95. The van der Waals surface area contributed by atoms with Crippen molar-refractivity contribution in [2.75, 3.05) is 6.61 Å². The van der Waals surface area contributed by atoms with E-state index in [-0.39, 0.29) is 12.1 Å². The summed E-state index contributed by atoms with van der Waals surface area (Å²) in [6.45, 7) is 0.839. The third kappa shape index (κ3) is 2.17. The number of nitrogens with zero attached hydrogens (tertiary/aromatic N) is 1. The Bertz CT molecular complexity index is 391. The van der Waals surface area contributed by atoms with Gasteiger partial charge in [-0.15, -0.1) is 0 Å². The number of aliphatic hydroxyl groups is 1. The van der Waals surface area contributed by atoms with Crippen LogP contribution in [0.15, 0.2) is 24.3 Å². The highest BCUT2D eigenvalue weighted by Crippen LogP contribution is 2.34. The smallest absolute Gasteiger partial charge is 0.0995 e. The molecular formula is C12H14N2O. The quantitative estimate of drug-likeness (QED) is 0.770. The number of benzene rings is 1. The average Bonchev–Trinajstić information content (AvgIpc) is 3.07. The van der Waals surface area contributed by atoms with Gasteiger partial charge < -0.3 is 10.4 Å². The molecule has 1 aromatic carbocycles. The number of hydrogen-bond acceptors (Lipinski definition) is 3. The molecule has 0 atom stereocenters. The SMILES string of the molecule is N#Cc1ccccc1CNC1(CO)CC1. The van der Waals surface area contributed by atoms with Gasteiger partial charge in [0.1, 0.15) is 0 Å². The van der Waals surface area contributed by atoms with Crippen molar-refractivity contribution < 1.29 is 5.11 Å². The van der Waals surface area contributed by atoms with Crippen molar-refractivity contribution in [2.45, 2.75) is 24.9 Å². The van der Waals surface area contributed by atoms with Gasteiger partial charge in [0.15, 0.2) is 0 Å². The van der Waals surface area contributed by atoms with E-state index in [1.54, 1.807) is 0 Å². The van der Waals surface area contributed by atoms with Crippen LogP contribution < -0.4 is 5.32 Å². The Morgan fingerprint density at radius 3 is 2.73 bits per heavy atom. The minimum atomic E-state index is -0.0669. The monoisotopic (exact) mass is 202 g/mol. The molecule has 0 radical (unpaired) electrons. The Labute approximate surface area is 89.4 Å². The van der Waals surface area contributed by atoms with E-state index >= 15 is 0 Å². The van der Waals surface area contributed by atoms with Crippen molar-refractivity contribution in [3.05, 3.63) is 35.4 Å². The van der Waals surface area contributed by atoms with Crippen molar-refractivity contribution >= 4 is 0 Å². The minimum absolute atomic E-state index is 0.0669. The lowest BCUT2D eigenvalue weighted by molar-refractivity contribution is 0.229. The van der Waals surface area contributed by atoms with Gasteiger partial charge in [-0.05, 0) is 24.5 Å². The molecule has 0 aliphatic heterocycles. The summed E-state index contributed by atoms with van der Waals surface area (Å²) < 4.78 is 0. The minimum Gasteiger partial charge on any atom is -0.394 e. The molecule has 1 aromatic rings. The predicted octanol–water partition coefficient (Wildman–Crippen LogP) is 1.17. The zero-order chi connectivity index (χ0) is 10.7. The molecule has 1 aliphatic rings. The van der Waals surface area contributed by atoms with Crippen molar-refractivity contribution in [1.82, 2.24) is 5.32 Å². The van der Waals surface area contributed by atoms with E-state index in [1.165, 1.54) is 0 Å². The second kappa shape index (κ2) is 4.01. The summed E-state index contributed by atoms with van der Waals surface area (Å²) in [6, 6.07) is 9.72. The van der Waals surface area contributed by atoms with Crippen LogP contribution in [0.2, 0.25) is 0 Å². The lowest BCUT2D eigenvalue weighted by Crippen LogP contribution is -2.34. The molecule has 0 heterocycles. The van der Waals surface area contributed by atoms with Gasteiger partial charge in [-0.3, -0.25) is 0 Å². The summed E-state index contributed by atoms with van der Waals surface area (Å²) in [5.74, 6) is 0. The summed E-state index contributed by atoms with van der Waals surface area (Å²) in [5.41, 5.74) is 1.64. The number of nitriles is 1. The molecule has 0 unspecified atom stereocenters. The van der Waals surface area contributed by atoms with Gasteiger partial charge in [-0.25, -0.2) is 0 Å². The number of nitrogens with one attached hydrogen (secondary N) is 1. The van der Waals surface area contributed by atoms with Crippen LogP contribution in [0.25, 0.3) is 0 Å². The van der Waals surface area contributed by atoms with E-state index in [9.17, 15) is 0 Å².